The van der Waals surface area contributed by atoms with E-state index in [1.165, 1.54) is 26.9 Å². The Bertz CT molecular complexity index is 1680. The second-order valence-electron chi connectivity index (χ2n) is 9.93. The number of hydrogen-bond donors (Lipinski definition) is 1. The number of aryl methyl sites for hydroxylation is 2. The number of carbonyl (C=O) groups is 2. The molecule has 1 N–H and O–H groups in total. The highest BCUT2D eigenvalue weighted by atomic mass is 32.2. The largest absolute Gasteiger partial charge is 0.322 e. The Morgan fingerprint density at radius 3 is 2.58 bits per heavy atom. The molecule has 2 aliphatic rings. The maximum Gasteiger partial charge on any atom is 0.267 e. The van der Waals surface area contributed by atoms with Gasteiger partial charge in [0.2, 0.25) is 11.8 Å². The number of aromatic nitrogens is 2. The number of benzene rings is 2. The van der Waals surface area contributed by atoms with E-state index in [1.807, 2.05) is 6.07 Å². The number of nitrogens with one attached hydrogen (secondary N) is 1. The summed E-state index contributed by atoms with van der Waals surface area (Å²) in [5.41, 5.74) is 0.828. The van der Waals surface area contributed by atoms with E-state index in [4.69, 9.17) is 4.98 Å². The summed E-state index contributed by atoms with van der Waals surface area (Å²) in [7, 11) is 0. The predicted octanol–water partition coefficient (Wildman–Crippen LogP) is 5.32. The third-order valence-electron chi connectivity index (χ3n) is 7.13. The summed E-state index contributed by atoms with van der Waals surface area (Å²) in [6.45, 7) is 3.38. The molecule has 1 aliphatic carbocycles. The fourth-order valence-corrected chi connectivity index (χ4v) is 7.38. The number of thiophene rings is 1. The summed E-state index contributed by atoms with van der Waals surface area (Å²) in [6.07, 6.45) is 3.78. The fourth-order valence-electron chi connectivity index (χ4n) is 5.22. The van der Waals surface area contributed by atoms with E-state index in [-0.39, 0.29) is 34.0 Å². The summed E-state index contributed by atoms with van der Waals surface area (Å²) in [6, 6.07) is 13.2. The lowest BCUT2D eigenvalue weighted by Gasteiger charge is -2.42. The quantitative estimate of drug-likeness (QED) is 0.276. The summed E-state index contributed by atoms with van der Waals surface area (Å²) < 4.78 is 16.3. The van der Waals surface area contributed by atoms with Crippen LogP contribution in [0.3, 0.4) is 0 Å². The zero-order valence-electron chi connectivity index (χ0n) is 20.9. The topological polar surface area (TPSA) is 84.3 Å². The molecule has 2 aromatic heterocycles. The van der Waals surface area contributed by atoms with Gasteiger partial charge in [-0.25, -0.2) is 9.37 Å². The van der Waals surface area contributed by atoms with Gasteiger partial charge >= 0.3 is 0 Å². The summed E-state index contributed by atoms with van der Waals surface area (Å²) >= 11 is 2.58. The molecule has 3 heterocycles. The number of rotatable bonds is 4. The number of anilines is 2. The van der Waals surface area contributed by atoms with Crippen LogP contribution in [-0.2, 0) is 22.4 Å². The Hall–Kier alpha value is -3.50. The summed E-state index contributed by atoms with van der Waals surface area (Å²) in [5, 5.41) is 3.65. The van der Waals surface area contributed by atoms with E-state index < -0.39 is 11.4 Å². The second kappa shape index (κ2) is 9.36. The van der Waals surface area contributed by atoms with Gasteiger partial charge in [-0.1, -0.05) is 36.0 Å². The average molecular weight is 549 g/mol. The van der Waals surface area contributed by atoms with Crippen LogP contribution in [0.25, 0.3) is 15.9 Å². The molecular weight excluding hydrogens is 523 g/mol. The molecule has 0 saturated heterocycles. The third-order valence-corrected chi connectivity index (χ3v) is 9.24. The molecule has 0 radical (unpaired) electrons. The highest BCUT2D eigenvalue weighted by Gasteiger charge is 2.43. The zero-order chi connectivity index (χ0) is 26.6. The smallest absolute Gasteiger partial charge is 0.267 e. The minimum atomic E-state index is -1.12. The lowest BCUT2D eigenvalue weighted by atomic mass is 9.96. The van der Waals surface area contributed by atoms with Crippen molar-refractivity contribution in [1.29, 1.82) is 0 Å². The lowest BCUT2D eigenvalue weighted by Crippen LogP contribution is -2.59. The number of amides is 2. The lowest BCUT2D eigenvalue weighted by molar-refractivity contribution is -0.125. The van der Waals surface area contributed by atoms with Crippen molar-refractivity contribution in [3.63, 3.8) is 0 Å². The van der Waals surface area contributed by atoms with Gasteiger partial charge in [0, 0.05) is 4.88 Å². The van der Waals surface area contributed by atoms with Crippen LogP contribution in [0, 0.1) is 5.82 Å². The molecule has 0 unspecified atom stereocenters. The first-order chi connectivity index (χ1) is 18.3. The summed E-state index contributed by atoms with van der Waals surface area (Å²) in [5.74, 6) is -1.25. The maximum absolute atomic E-state index is 15.0. The highest BCUT2D eigenvalue weighted by Crippen LogP contribution is 2.38. The second-order valence-corrected chi connectivity index (χ2v) is 12.0. The van der Waals surface area contributed by atoms with Gasteiger partial charge in [0.25, 0.3) is 5.56 Å². The fraction of sp³-hybridized carbons (Fsp3) is 0.286. The van der Waals surface area contributed by atoms with Crippen molar-refractivity contribution in [2.75, 3.05) is 16.0 Å². The van der Waals surface area contributed by atoms with Crippen molar-refractivity contribution in [1.82, 2.24) is 9.55 Å². The van der Waals surface area contributed by atoms with Crippen molar-refractivity contribution in [3.05, 3.63) is 75.1 Å². The standard InChI is InChI=1S/C28H25FN4O3S2/c1-28(2)26(36)30-18-11-5-7-13-20(18)33(28)22(34)15-37-27-31-24-23(16-9-3-8-14-21(16)38-24)25(35)32(27)19-12-6-4-10-17(19)29/h4-7,10-13H,3,8-9,14-15H2,1-2H3,(H,30,36). The number of fused-ring (bicyclic) bond motifs is 4. The van der Waals surface area contributed by atoms with E-state index >= 15 is 0 Å². The Morgan fingerprint density at radius 1 is 1.08 bits per heavy atom. The molecule has 0 spiro atoms. The average Bonchev–Trinajstić information content (AvgIpc) is 3.27. The molecule has 0 saturated carbocycles. The molecule has 10 heteroatoms. The SMILES string of the molecule is CC1(C)C(=O)Nc2ccccc2N1C(=O)CSc1nc2sc3c(c2c(=O)n1-c1ccccc1F)CCCC3. The minimum absolute atomic E-state index is 0.0947. The van der Waals surface area contributed by atoms with E-state index in [0.29, 0.717) is 21.6 Å². The Balaban J connectivity index is 1.43. The van der Waals surface area contributed by atoms with Crippen molar-refractivity contribution < 1.29 is 14.0 Å². The monoisotopic (exact) mass is 548 g/mol. The molecular formula is C28H25FN4O3S2. The van der Waals surface area contributed by atoms with Gasteiger partial charge in [0.15, 0.2) is 5.16 Å². The van der Waals surface area contributed by atoms with Crippen LogP contribution in [0.4, 0.5) is 15.8 Å². The molecule has 1 aliphatic heterocycles. The van der Waals surface area contributed by atoms with Crippen LogP contribution in [0.1, 0.15) is 37.1 Å². The molecule has 0 bridgehead atoms. The van der Waals surface area contributed by atoms with Gasteiger partial charge < -0.3 is 5.32 Å². The minimum Gasteiger partial charge on any atom is -0.322 e. The van der Waals surface area contributed by atoms with Crippen molar-refractivity contribution >= 4 is 56.5 Å². The highest BCUT2D eigenvalue weighted by molar-refractivity contribution is 7.99. The van der Waals surface area contributed by atoms with Gasteiger partial charge in [-0.15, -0.1) is 11.3 Å². The first kappa shape index (κ1) is 24.8. The Morgan fingerprint density at radius 2 is 1.79 bits per heavy atom. The number of hydrogen-bond acceptors (Lipinski definition) is 6. The number of halogens is 1. The molecule has 4 aromatic rings. The van der Waals surface area contributed by atoms with Crippen LogP contribution < -0.4 is 15.8 Å². The number of para-hydroxylation sites is 3. The first-order valence-electron chi connectivity index (χ1n) is 12.5. The number of carbonyl (C=O) groups excluding carboxylic acids is 2. The van der Waals surface area contributed by atoms with Gasteiger partial charge in [0.05, 0.1) is 28.2 Å². The number of nitrogens with zero attached hydrogens (tertiary/aromatic N) is 3. The molecule has 2 aromatic carbocycles. The summed E-state index contributed by atoms with van der Waals surface area (Å²) in [4.78, 5) is 48.4. The van der Waals surface area contributed by atoms with Crippen LogP contribution in [0.5, 0.6) is 0 Å². The molecule has 194 valence electrons. The van der Waals surface area contributed by atoms with Gasteiger partial charge in [-0.05, 0) is 69.4 Å². The molecule has 7 nitrogen and oxygen atoms in total. The Kier molecular flexibility index (Phi) is 6.11. The van der Waals surface area contributed by atoms with Gasteiger partial charge in [0.1, 0.15) is 16.2 Å². The molecule has 2 amide bonds. The van der Waals surface area contributed by atoms with E-state index in [1.54, 1.807) is 50.2 Å². The number of thioether (sulfide) groups is 1. The van der Waals surface area contributed by atoms with Crippen molar-refractivity contribution in [2.45, 2.75) is 50.2 Å². The van der Waals surface area contributed by atoms with E-state index in [9.17, 15) is 18.8 Å². The van der Waals surface area contributed by atoms with Crippen LogP contribution in [0.2, 0.25) is 0 Å². The van der Waals surface area contributed by atoms with Crippen molar-refractivity contribution in [2.24, 2.45) is 0 Å². The van der Waals surface area contributed by atoms with Crippen LogP contribution in [0.15, 0.2) is 58.5 Å². The van der Waals surface area contributed by atoms with Crippen molar-refractivity contribution in [3.8, 4) is 5.69 Å². The van der Waals surface area contributed by atoms with Gasteiger partial charge in [-0.2, -0.15) is 0 Å². The first-order valence-corrected chi connectivity index (χ1v) is 14.3. The molecule has 0 atom stereocenters. The predicted molar refractivity (Wildman–Crippen MR) is 149 cm³/mol. The van der Waals surface area contributed by atoms with Gasteiger partial charge in [-0.3, -0.25) is 23.9 Å². The van der Waals surface area contributed by atoms with Crippen LogP contribution in [-0.4, -0.2) is 32.7 Å². The molecule has 38 heavy (non-hydrogen) atoms. The third kappa shape index (κ3) is 3.94. The molecule has 0 fully saturated rings. The maximum atomic E-state index is 15.0. The molecule has 6 rings (SSSR count). The zero-order valence-corrected chi connectivity index (χ0v) is 22.5. The van der Waals surface area contributed by atoms with E-state index in [0.717, 1.165) is 47.9 Å². The Labute approximate surface area is 226 Å². The van der Waals surface area contributed by atoms with Crippen LogP contribution >= 0.6 is 23.1 Å². The van der Waals surface area contributed by atoms with E-state index in [2.05, 4.69) is 5.32 Å². The normalized spacial score (nSPS) is 16.2.